The average Bonchev–Trinajstić information content (AvgIpc) is 2.35. The van der Waals surface area contributed by atoms with Gasteiger partial charge < -0.3 is 5.32 Å². The molecule has 2 aromatic heterocycles. The quantitative estimate of drug-likeness (QED) is 0.811. The molecule has 0 radical (unpaired) electrons. The largest absolute Gasteiger partial charge is 0.380 e. The molecular weight excluding hydrogens is 212 g/mol. The van der Waals surface area contributed by atoms with Crippen molar-refractivity contribution in [3.63, 3.8) is 0 Å². The molecule has 4 heteroatoms. The molecule has 0 aliphatic carbocycles. The molecule has 17 heavy (non-hydrogen) atoms. The summed E-state index contributed by atoms with van der Waals surface area (Å²) < 4.78 is 0. The molecule has 0 atom stereocenters. The molecule has 1 N–H and O–H groups in total. The molecule has 0 aliphatic rings. The third-order valence-electron chi connectivity index (χ3n) is 2.36. The molecule has 2 aromatic rings. The highest BCUT2D eigenvalue weighted by Crippen LogP contribution is 2.14. The summed E-state index contributed by atoms with van der Waals surface area (Å²) in [5, 5.41) is 3.12. The van der Waals surface area contributed by atoms with Crippen molar-refractivity contribution >= 4 is 16.9 Å². The van der Waals surface area contributed by atoms with Gasteiger partial charge in [0.05, 0.1) is 11.4 Å². The number of aryl methyl sites for hydroxylation is 1. The Balaban J connectivity index is 2.43. The topological polar surface area (TPSA) is 50.7 Å². The van der Waals surface area contributed by atoms with Gasteiger partial charge in [0.15, 0.2) is 5.65 Å². The summed E-state index contributed by atoms with van der Waals surface area (Å²) in [6.45, 7) is 10.2. The Morgan fingerprint density at radius 2 is 2.29 bits per heavy atom. The monoisotopic (exact) mass is 226 g/mol. The second-order valence-corrected chi connectivity index (χ2v) is 3.65. The molecule has 0 saturated carbocycles. The molecule has 0 amide bonds. The van der Waals surface area contributed by atoms with Crippen LogP contribution in [0.4, 0.5) is 0 Å². The summed E-state index contributed by atoms with van der Waals surface area (Å²) in [5.74, 6) is 0. The van der Waals surface area contributed by atoms with Gasteiger partial charge in [-0.1, -0.05) is 12.7 Å². The molecule has 2 heterocycles. The molecule has 0 spiro atoms. The maximum Gasteiger partial charge on any atom is 0.178 e. The Bertz CT molecular complexity index is 575. The number of hydrogen-bond acceptors (Lipinski definition) is 4. The number of rotatable bonds is 4. The minimum absolute atomic E-state index is 0.658. The van der Waals surface area contributed by atoms with Crippen LogP contribution < -0.4 is 5.32 Å². The number of fused-ring (bicyclic) bond motifs is 1. The number of hydrogen-bond donors (Lipinski definition) is 1. The molecule has 0 unspecified atom stereocenters. The molecule has 0 bridgehead atoms. The lowest BCUT2D eigenvalue weighted by Gasteiger charge is -2.09. The van der Waals surface area contributed by atoms with Crippen LogP contribution in [0.5, 0.6) is 0 Å². The van der Waals surface area contributed by atoms with Crippen molar-refractivity contribution in [3.8, 4) is 0 Å². The summed E-state index contributed by atoms with van der Waals surface area (Å²) >= 11 is 0. The van der Waals surface area contributed by atoms with E-state index < -0.39 is 0 Å². The van der Waals surface area contributed by atoms with E-state index in [4.69, 9.17) is 0 Å². The summed E-state index contributed by atoms with van der Waals surface area (Å²) in [6.07, 6.45) is 3.48. The highest BCUT2D eigenvalue weighted by Gasteiger charge is 2.08. The first kappa shape index (κ1) is 11.3. The van der Waals surface area contributed by atoms with Crippen molar-refractivity contribution < 1.29 is 0 Å². The fourth-order valence-electron chi connectivity index (χ4n) is 1.54. The molecule has 86 valence electrons. The van der Waals surface area contributed by atoms with Crippen LogP contribution in [0.25, 0.3) is 16.9 Å². The van der Waals surface area contributed by atoms with E-state index in [1.807, 2.05) is 19.1 Å². The van der Waals surface area contributed by atoms with Gasteiger partial charge in [0, 0.05) is 12.7 Å². The smallest absolute Gasteiger partial charge is 0.178 e. The summed E-state index contributed by atoms with van der Waals surface area (Å²) in [7, 11) is 0. The molecule has 4 nitrogen and oxygen atoms in total. The fourth-order valence-corrected chi connectivity index (χ4v) is 1.54. The van der Waals surface area contributed by atoms with Gasteiger partial charge in [0.25, 0.3) is 0 Å². The van der Waals surface area contributed by atoms with Gasteiger partial charge in [0.2, 0.25) is 0 Å². The predicted molar refractivity (Wildman–Crippen MR) is 69.3 cm³/mol. The van der Waals surface area contributed by atoms with Crippen LogP contribution in [0.1, 0.15) is 11.4 Å². The highest BCUT2D eigenvalue weighted by atomic mass is 15.0. The lowest BCUT2D eigenvalue weighted by atomic mass is 10.2. The van der Waals surface area contributed by atoms with Gasteiger partial charge in [-0.25, -0.2) is 15.0 Å². The maximum atomic E-state index is 4.51. The molecular formula is C13H14N4. The lowest BCUT2D eigenvalue weighted by Crippen LogP contribution is -2.13. The fraction of sp³-hybridized carbons (Fsp3) is 0.154. The van der Waals surface area contributed by atoms with Gasteiger partial charge in [-0.3, -0.25) is 0 Å². The van der Waals surface area contributed by atoms with E-state index in [-0.39, 0.29) is 0 Å². The van der Waals surface area contributed by atoms with E-state index in [0.29, 0.717) is 12.2 Å². The van der Waals surface area contributed by atoms with Crippen molar-refractivity contribution in [2.45, 2.75) is 6.92 Å². The van der Waals surface area contributed by atoms with E-state index in [0.717, 1.165) is 22.6 Å². The maximum absolute atomic E-state index is 4.51. The Morgan fingerprint density at radius 3 is 3.06 bits per heavy atom. The summed E-state index contributed by atoms with van der Waals surface area (Å²) in [5.41, 5.74) is 3.77. The van der Waals surface area contributed by atoms with Crippen LogP contribution in [0.2, 0.25) is 0 Å². The van der Waals surface area contributed by atoms with E-state index >= 15 is 0 Å². The zero-order valence-corrected chi connectivity index (χ0v) is 9.77. The lowest BCUT2D eigenvalue weighted by molar-refractivity contribution is 0.985. The zero-order valence-electron chi connectivity index (χ0n) is 9.77. The van der Waals surface area contributed by atoms with Crippen molar-refractivity contribution in [1.82, 2.24) is 20.3 Å². The third-order valence-corrected chi connectivity index (χ3v) is 2.36. The first-order valence-electron chi connectivity index (χ1n) is 5.36. The second-order valence-electron chi connectivity index (χ2n) is 3.65. The van der Waals surface area contributed by atoms with Gasteiger partial charge in [-0.2, -0.15) is 0 Å². The van der Waals surface area contributed by atoms with Crippen molar-refractivity contribution in [3.05, 3.63) is 49.0 Å². The molecule has 0 aromatic carbocycles. The molecule has 0 saturated heterocycles. The number of nitrogens with zero attached hydrogens (tertiary/aromatic N) is 3. The Kier molecular flexibility index (Phi) is 3.14. The number of aromatic nitrogens is 3. The van der Waals surface area contributed by atoms with Gasteiger partial charge in [-0.15, -0.1) is 6.58 Å². The molecule has 2 rings (SSSR count). The van der Waals surface area contributed by atoms with Crippen LogP contribution in [-0.2, 0) is 0 Å². The standard InChI is InChI=1S/C13H14N4/c1-4-7-14-9(2)12-10(3)16-13-11(17-12)6-5-8-15-13/h4-6,8,14H,1-2,7H2,3H3. The number of pyridine rings is 1. The van der Waals surface area contributed by atoms with Gasteiger partial charge in [-0.05, 0) is 19.1 Å². The van der Waals surface area contributed by atoms with Crippen LogP contribution >= 0.6 is 0 Å². The third kappa shape index (κ3) is 2.30. The van der Waals surface area contributed by atoms with E-state index in [1.54, 1.807) is 12.3 Å². The average molecular weight is 226 g/mol. The van der Waals surface area contributed by atoms with E-state index in [2.05, 4.69) is 33.4 Å². The SMILES string of the molecule is C=CCNC(=C)c1nc2cccnc2nc1C. The predicted octanol–water partition coefficient (Wildman–Crippen LogP) is 2.08. The van der Waals surface area contributed by atoms with Crippen LogP contribution in [0.15, 0.2) is 37.6 Å². The summed E-state index contributed by atoms with van der Waals surface area (Å²) in [4.78, 5) is 13.1. The normalized spacial score (nSPS) is 10.2. The van der Waals surface area contributed by atoms with E-state index in [1.165, 1.54) is 0 Å². The second kappa shape index (κ2) is 4.74. The van der Waals surface area contributed by atoms with Crippen molar-refractivity contribution in [1.29, 1.82) is 0 Å². The first-order valence-corrected chi connectivity index (χ1v) is 5.36. The van der Waals surface area contributed by atoms with E-state index in [9.17, 15) is 0 Å². The van der Waals surface area contributed by atoms with Crippen molar-refractivity contribution in [2.24, 2.45) is 0 Å². The van der Waals surface area contributed by atoms with Gasteiger partial charge >= 0.3 is 0 Å². The van der Waals surface area contributed by atoms with Crippen LogP contribution in [-0.4, -0.2) is 21.5 Å². The Labute approximate surface area is 100 Å². The molecule has 0 fully saturated rings. The Hall–Kier alpha value is -2.23. The minimum atomic E-state index is 0.658. The summed E-state index contributed by atoms with van der Waals surface area (Å²) in [6, 6.07) is 3.73. The Morgan fingerprint density at radius 1 is 1.47 bits per heavy atom. The van der Waals surface area contributed by atoms with Crippen molar-refractivity contribution in [2.75, 3.05) is 6.54 Å². The van der Waals surface area contributed by atoms with Gasteiger partial charge in [0.1, 0.15) is 11.2 Å². The van der Waals surface area contributed by atoms with Crippen LogP contribution in [0.3, 0.4) is 0 Å². The minimum Gasteiger partial charge on any atom is -0.380 e. The zero-order chi connectivity index (χ0) is 12.3. The number of nitrogens with one attached hydrogen (secondary N) is 1. The van der Waals surface area contributed by atoms with Crippen LogP contribution in [0, 0.1) is 6.92 Å². The highest BCUT2D eigenvalue weighted by molar-refractivity contribution is 5.73. The first-order chi connectivity index (χ1) is 8.22. The molecule has 0 aliphatic heterocycles.